The Bertz CT molecular complexity index is 641. The van der Waals surface area contributed by atoms with E-state index in [1.54, 1.807) is 6.20 Å². The quantitative estimate of drug-likeness (QED) is 0.600. The number of carbonyl (C=O) groups is 2. The van der Waals surface area contributed by atoms with Gasteiger partial charge in [0.2, 0.25) is 5.91 Å². The number of nitrogens with one attached hydrogen (secondary N) is 1. The lowest BCUT2D eigenvalue weighted by atomic mass is 9.96. The van der Waals surface area contributed by atoms with Gasteiger partial charge in [0.05, 0.1) is 0 Å². The summed E-state index contributed by atoms with van der Waals surface area (Å²) in [5.41, 5.74) is 6.52. The third-order valence-corrected chi connectivity index (χ3v) is 4.15. The van der Waals surface area contributed by atoms with Crippen molar-refractivity contribution in [3.63, 3.8) is 0 Å². The van der Waals surface area contributed by atoms with Gasteiger partial charge in [-0.3, -0.25) is 9.59 Å². The number of nitriles is 1. The smallest absolute Gasteiger partial charge is 0.263 e. The molecule has 0 spiro atoms. The predicted molar refractivity (Wildman–Crippen MR) is 90.3 cm³/mol. The van der Waals surface area contributed by atoms with E-state index in [0.29, 0.717) is 32.5 Å². The van der Waals surface area contributed by atoms with Crippen LogP contribution in [0.1, 0.15) is 18.4 Å². The summed E-state index contributed by atoms with van der Waals surface area (Å²) in [5, 5.41) is 12.0. The van der Waals surface area contributed by atoms with Gasteiger partial charge in [0.15, 0.2) is 0 Å². The average molecular weight is 326 g/mol. The van der Waals surface area contributed by atoms with Crippen molar-refractivity contribution in [2.45, 2.75) is 19.3 Å². The minimum atomic E-state index is -0.370. The fourth-order valence-electron chi connectivity index (χ4n) is 2.69. The van der Waals surface area contributed by atoms with Crippen LogP contribution in [0.15, 0.2) is 42.1 Å². The highest BCUT2D eigenvalue weighted by atomic mass is 16.2. The molecule has 1 aliphatic rings. The molecule has 0 radical (unpaired) electrons. The maximum absolute atomic E-state index is 12.1. The van der Waals surface area contributed by atoms with Crippen molar-refractivity contribution < 1.29 is 9.59 Å². The summed E-state index contributed by atoms with van der Waals surface area (Å²) < 4.78 is 0. The minimum absolute atomic E-state index is 0.0839. The number of hydrogen-bond acceptors (Lipinski definition) is 4. The highest BCUT2D eigenvalue weighted by Gasteiger charge is 2.22. The van der Waals surface area contributed by atoms with Crippen LogP contribution in [0.25, 0.3) is 0 Å². The fraction of sp³-hybridized carbons (Fsp3) is 0.389. The molecule has 3 N–H and O–H groups in total. The Kier molecular flexibility index (Phi) is 6.38. The summed E-state index contributed by atoms with van der Waals surface area (Å²) in [5.74, 6) is -0.761. The summed E-state index contributed by atoms with van der Waals surface area (Å²) >= 11 is 0. The SMILES string of the molecule is N#C/C(=C/N1CCC(C(N)=O)CC1)C(=O)NCCc1ccccc1. The molecule has 126 valence electrons. The lowest BCUT2D eigenvalue weighted by Crippen LogP contribution is -2.36. The number of nitrogens with zero attached hydrogens (tertiary/aromatic N) is 2. The first-order valence-corrected chi connectivity index (χ1v) is 8.07. The van der Waals surface area contributed by atoms with Gasteiger partial charge >= 0.3 is 0 Å². The standard InChI is InChI=1S/C18H22N4O2/c19-12-16(13-22-10-7-15(8-11-22)17(20)23)18(24)21-9-6-14-4-2-1-3-5-14/h1-5,13,15H,6-11H2,(H2,20,23)(H,21,24)/b16-13-. The number of primary amides is 1. The molecule has 6 heteroatoms. The molecular formula is C18H22N4O2. The van der Waals surface area contributed by atoms with E-state index in [-0.39, 0.29) is 23.3 Å². The van der Waals surface area contributed by atoms with Crippen LogP contribution in [0.3, 0.4) is 0 Å². The molecule has 0 aromatic heterocycles. The van der Waals surface area contributed by atoms with Crippen LogP contribution < -0.4 is 11.1 Å². The van der Waals surface area contributed by atoms with Gasteiger partial charge < -0.3 is 16.0 Å². The van der Waals surface area contributed by atoms with Crippen molar-refractivity contribution in [2.75, 3.05) is 19.6 Å². The lowest BCUT2D eigenvalue weighted by molar-refractivity contribution is -0.123. The number of nitrogens with two attached hydrogens (primary N) is 1. The van der Waals surface area contributed by atoms with Gasteiger partial charge in [0.1, 0.15) is 11.6 Å². The van der Waals surface area contributed by atoms with E-state index in [2.05, 4.69) is 5.32 Å². The van der Waals surface area contributed by atoms with E-state index in [4.69, 9.17) is 5.73 Å². The zero-order chi connectivity index (χ0) is 17.4. The molecule has 1 heterocycles. The Morgan fingerprint density at radius 3 is 2.54 bits per heavy atom. The summed E-state index contributed by atoms with van der Waals surface area (Å²) in [6, 6.07) is 11.8. The van der Waals surface area contributed by atoms with Crippen molar-refractivity contribution in [3.05, 3.63) is 47.7 Å². The number of hydrogen-bond donors (Lipinski definition) is 2. The van der Waals surface area contributed by atoms with Crippen LogP contribution in [0, 0.1) is 17.2 Å². The molecule has 0 bridgehead atoms. The molecule has 24 heavy (non-hydrogen) atoms. The highest BCUT2D eigenvalue weighted by molar-refractivity contribution is 5.97. The topological polar surface area (TPSA) is 99.2 Å². The molecule has 0 aliphatic carbocycles. The molecule has 0 atom stereocenters. The van der Waals surface area contributed by atoms with Gasteiger partial charge in [-0.05, 0) is 24.8 Å². The first kappa shape index (κ1) is 17.5. The number of amides is 2. The van der Waals surface area contributed by atoms with Crippen LogP contribution in [0.5, 0.6) is 0 Å². The zero-order valence-corrected chi connectivity index (χ0v) is 13.6. The summed E-state index contributed by atoms with van der Waals surface area (Å²) in [6.07, 6.45) is 3.60. The van der Waals surface area contributed by atoms with Gasteiger partial charge in [-0.15, -0.1) is 0 Å². The molecule has 1 aromatic rings. The van der Waals surface area contributed by atoms with Gasteiger partial charge in [0.25, 0.3) is 5.91 Å². The number of benzene rings is 1. The van der Waals surface area contributed by atoms with Crippen LogP contribution >= 0.6 is 0 Å². The molecule has 1 aliphatic heterocycles. The molecule has 0 saturated carbocycles. The number of likely N-dealkylation sites (tertiary alicyclic amines) is 1. The number of carbonyl (C=O) groups excluding carboxylic acids is 2. The first-order valence-electron chi connectivity index (χ1n) is 8.07. The normalized spacial score (nSPS) is 15.6. The second kappa shape index (κ2) is 8.73. The van der Waals surface area contributed by atoms with Crippen LogP contribution in [-0.4, -0.2) is 36.3 Å². The van der Waals surface area contributed by atoms with Gasteiger partial charge in [-0.1, -0.05) is 30.3 Å². The predicted octanol–water partition coefficient (Wildman–Crippen LogP) is 0.950. The Labute approximate surface area is 141 Å². The molecule has 2 amide bonds. The Morgan fingerprint density at radius 2 is 1.96 bits per heavy atom. The number of rotatable bonds is 6. The van der Waals surface area contributed by atoms with Gasteiger partial charge in [-0.25, -0.2) is 0 Å². The summed E-state index contributed by atoms with van der Waals surface area (Å²) in [4.78, 5) is 25.2. The fourth-order valence-corrected chi connectivity index (χ4v) is 2.69. The molecule has 2 rings (SSSR count). The van der Waals surface area contributed by atoms with Gasteiger partial charge in [0, 0.05) is 31.8 Å². The summed E-state index contributed by atoms with van der Waals surface area (Å²) in [7, 11) is 0. The molecule has 0 unspecified atom stereocenters. The van der Waals surface area contributed by atoms with E-state index in [0.717, 1.165) is 12.0 Å². The maximum atomic E-state index is 12.1. The maximum Gasteiger partial charge on any atom is 0.263 e. The third kappa shape index (κ3) is 5.13. The van der Waals surface area contributed by atoms with E-state index in [9.17, 15) is 14.9 Å². The van der Waals surface area contributed by atoms with Crippen molar-refractivity contribution in [1.29, 1.82) is 5.26 Å². The summed E-state index contributed by atoms with van der Waals surface area (Å²) in [6.45, 7) is 1.72. The Morgan fingerprint density at radius 1 is 1.29 bits per heavy atom. The third-order valence-electron chi connectivity index (χ3n) is 4.15. The van der Waals surface area contributed by atoms with E-state index < -0.39 is 0 Å². The lowest BCUT2D eigenvalue weighted by Gasteiger charge is -2.29. The second-order valence-corrected chi connectivity index (χ2v) is 5.86. The van der Waals surface area contributed by atoms with E-state index >= 15 is 0 Å². The monoisotopic (exact) mass is 326 g/mol. The molecule has 6 nitrogen and oxygen atoms in total. The van der Waals surface area contributed by atoms with Crippen molar-refractivity contribution in [2.24, 2.45) is 11.7 Å². The molecule has 1 aromatic carbocycles. The zero-order valence-electron chi connectivity index (χ0n) is 13.6. The first-order chi connectivity index (χ1) is 11.6. The Balaban J connectivity index is 1.83. The van der Waals surface area contributed by atoms with Crippen LogP contribution in [-0.2, 0) is 16.0 Å². The van der Waals surface area contributed by atoms with E-state index in [1.807, 2.05) is 41.3 Å². The van der Waals surface area contributed by atoms with Crippen molar-refractivity contribution in [3.8, 4) is 6.07 Å². The largest absolute Gasteiger partial charge is 0.376 e. The molecule has 1 saturated heterocycles. The number of piperidine rings is 1. The van der Waals surface area contributed by atoms with Gasteiger partial charge in [-0.2, -0.15) is 5.26 Å². The average Bonchev–Trinajstić information content (AvgIpc) is 2.60. The van der Waals surface area contributed by atoms with Crippen LogP contribution in [0.4, 0.5) is 0 Å². The van der Waals surface area contributed by atoms with E-state index in [1.165, 1.54) is 0 Å². The molecule has 1 fully saturated rings. The minimum Gasteiger partial charge on any atom is -0.376 e. The van der Waals surface area contributed by atoms with Crippen molar-refractivity contribution >= 4 is 11.8 Å². The van der Waals surface area contributed by atoms with Crippen molar-refractivity contribution in [1.82, 2.24) is 10.2 Å². The molecular weight excluding hydrogens is 304 g/mol. The Hall–Kier alpha value is -2.81. The van der Waals surface area contributed by atoms with Crippen LogP contribution in [0.2, 0.25) is 0 Å². The second-order valence-electron chi connectivity index (χ2n) is 5.86. The highest BCUT2D eigenvalue weighted by Crippen LogP contribution is 2.17.